The van der Waals surface area contributed by atoms with Gasteiger partial charge >= 0.3 is 0 Å². The zero-order valence-electron chi connectivity index (χ0n) is 14.0. The first-order valence-corrected chi connectivity index (χ1v) is 7.43. The van der Waals surface area contributed by atoms with E-state index in [-0.39, 0.29) is 17.4 Å². The molecular weight excluding hydrogens is 316 g/mol. The Morgan fingerprint density at radius 2 is 1.75 bits per heavy atom. The number of nitrogen functional groups attached to an aromatic ring is 2. The van der Waals surface area contributed by atoms with Gasteiger partial charge in [0.1, 0.15) is 22.3 Å². The van der Waals surface area contributed by atoms with Crippen LogP contribution in [0.3, 0.4) is 0 Å². The van der Waals surface area contributed by atoms with Crippen molar-refractivity contribution in [2.24, 2.45) is 0 Å². The minimum Gasteiger partial charge on any atom is -0.393 e. The highest BCUT2D eigenvalue weighted by molar-refractivity contribution is 5.82. The Morgan fingerprint density at radius 1 is 1.12 bits per heavy atom. The van der Waals surface area contributed by atoms with E-state index in [2.05, 4.69) is 15.0 Å². The number of nitrogens with two attached hydrogens (primary N) is 2. The van der Waals surface area contributed by atoms with Gasteiger partial charge in [-0.3, -0.25) is 4.57 Å². The first kappa shape index (κ1) is 16.8. The van der Waals surface area contributed by atoms with E-state index in [1.54, 1.807) is 6.92 Å². The van der Waals surface area contributed by atoms with Crippen LogP contribution in [-0.2, 0) is 10.5 Å². The van der Waals surface area contributed by atoms with E-state index in [0.29, 0.717) is 5.52 Å². The van der Waals surface area contributed by atoms with Crippen LogP contribution in [0.15, 0.2) is 6.33 Å². The Morgan fingerprint density at radius 3 is 2.29 bits per heavy atom. The van der Waals surface area contributed by atoms with E-state index in [4.69, 9.17) is 16.2 Å². The van der Waals surface area contributed by atoms with Crippen LogP contribution in [0.25, 0.3) is 11.2 Å². The third-order valence-corrected chi connectivity index (χ3v) is 5.51. The normalized spacial score (nSPS) is 39.6. The number of anilines is 2. The number of aromatic nitrogens is 4. The molecule has 0 radical (unpaired) electrons. The molecule has 1 aliphatic heterocycles. The molecule has 0 aromatic carbocycles. The lowest BCUT2D eigenvalue weighted by Crippen LogP contribution is -2.63. The second kappa shape index (κ2) is 4.54. The van der Waals surface area contributed by atoms with Gasteiger partial charge in [-0.1, -0.05) is 0 Å². The van der Waals surface area contributed by atoms with Crippen molar-refractivity contribution in [3.05, 3.63) is 6.33 Å². The summed E-state index contributed by atoms with van der Waals surface area (Å²) in [5, 5.41) is 31.8. The first-order valence-electron chi connectivity index (χ1n) is 7.43. The summed E-state index contributed by atoms with van der Waals surface area (Å²) in [4.78, 5) is 12.1. The molecule has 0 saturated carbocycles. The Bertz CT molecular complexity index is 819. The number of aliphatic hydroxyl groups excluding tert-OH is 1. The van der Waals surface area contributed by atoms with Crippen molar-refractivity contribution in [3.63, 3.8) is 0 Å². The third kappa shape index (κ3) is 1.71. The molecule has 1 fully saturated rings. The molecule has 1 aliphatic rings. The van der Waals surface area contributed by atoms with E-state index in [0.717, 1.165) is 0 Å². The largest absolute Gasteiger partial charge is 0.393 e. The van der Waals surface area contributed by atoms with E-state index >= 15 is 0 Å². The molecule has 0 bridgehead atoms. The van der Waals surface area contributed by atoms with E-state index < -0.39 is 29.1 Å². The topological polar surface area (TPSA) is 166 Å². The van der Waals surface area contributed by atoms with Gasteiger partial charge in [0, 0.05) is 0 Å². The molecule has 2 aromatic heterocycles. The SMILES string of the molecule is C[C@]1(O)[C@@](C)(O)[C@](C)(n2cnc3c(N)nc(N)nc32)O[C@]1(C)CO. The maximum absolute atomic E-state index is 11.1. The van der Waals surface area contributed by atoms with Crippen LogP contribution in [0.1, 0.15) is 27.7 Å². The summed E-state index contributed by atoms with van der Waals surface area (Å²) in [6.45, 7) is 5.41. The summed E-state index contributed by atoms with van der Waals surface area (Å²) < 4.78 is 7.42. The monoisotopic (exact) mass is 338 g/mol. The lowest BCUT2D eigenvalue weighted by Gasteiger charge is -2.42. The second-order valence-electron chi connectivity index (χ2n) is 6.87. The molecule has 24 heavy (non-hydrogen) atoms. The van der Waals surface area contributed by atoms with Crippen LogP contribution in [0.2, 0.25) is 0 Å². The molecule has 132 valence electrons. The molecule has 10 heteroatoms. The van der Waals surface area contributed by atoms with Crippen molar-refractivity contribution in [1.29, 1.82) is 0 Å². The van der Waals surface area contributed by atoms with Crippen molar-refractivity contribution in [3.8, 4) is 0 Å². The molecule has 0 unspecified atom stereocenters. The van der Waals surface area contributed by atoms with Gasteiger partial charge in [0.2, 0.25) is 5.95 Å². The van der Waals surface area contributed by atoms with Crippen molar-refractivity contribution in [1.82, 2.24) is 19.5 Å². The smallest absolute Gasteiger partial charge is 0.224 e. The first-order chi connectivity index (χ1) is 10.9. The Hall–Kier alpha value is -2.01. The molecule has 2 aromatic rings. The van der Waals surface area contributed by atoms with E-state index in [9.17, 15) is 15.3 Å². The number of rotatable bonds is 2. The average molecular weight is 338 g/mol. The Kier molecular flexibility index (Phi) is 3.18. The van der Waals surface area contributed by atoms with Gasteiger partial charge in [0.15, 0.2) is 17.2 Å². The van der Waals surface area contributed by atoms with Gasteiger partial charge in [-0.05, 0) is 27.7 Å². The molecule has 3 rings (SSSR count). The van der Waals surface area contributed by atoms with Gasteiger partial charge in [-0.25, -0.2) is 4.98 Å². The van der Waals surface area contributed by atoms with Crippen LogP contribution < -0.4 is 11.5 Å². The predicted molar refractivity (Wildman–Crippen MR) is 85.6 cm³/mol. The Labute approximate surface area is 138 Å². The zero-order chi connectivity index (χ0) is 18.1. The molecule has 0 spiro atoms. The van der Waals surface area contributed by atoms with Gasteiger partial charge in [-0.15, -0.1) is 0 Å². The van der Waals surface area contributed by atoms with Crippen LogP contribution >= 0.6 is 0 Å². The highest BCUT2D eigenvalue weighted by Crippen LogP contribution is 2.54. The summed E-state index contributed by atoms with van der Waals surface area (Å²) in [5.74, 6) is 0.0360. The molecule has 0 aliphatic carbocycles. The molecule has 3 heterocycles. The minimum absolute atomic E-state index is 0.0559. The molecule has 4 atom stereocenters. The second-order valence-corrected chi connectivity index (χ2v) is 6.87. The summed E-state index contributed by atoms with van der Waals surface area (Å²) in [6, 6.07) is 0. The summed E-state index contributed by atoms with van der Waals surface area (Å²) in [6.07, 6.45) is 1.38. The number of nitrogens with zero attached hydrogens (tertiary/aromatic N) is 4. The minimum atomic E-state index is -1.81. The van der Waals surface area contributed by atoms with Crippen molar-refractivity contribution < 1.29 is 20.1 Å². The number of aliphatic hydroxyl groups is 3. The fourth-order valence-electron chi connectivity index (χ4n) is 3.33. The number of imidazole rings is 1. The molecular formula is C14H22N6O4. The van der Waals surface area contributed by atoms with E-state index in [1.165, 1.54) is 31.7 Å². The van der Waals surface area contributed by atoms with Gasteiger partial charge in [0.25, 0.3) is 0 Å². The summed E-state index contributed by atoms with van der Waals surface area (Å²) in [5.41, 5.74) is 5.51. The van der Waals surface area contributed by atoms with Crippen molar-refractivity contribution >= 4 is 22.9 Å². The van der Waals surface area contributed by atoms with Crippen LogP contribution in [0.4, 0.5) is 11.8 Å². The highest BCUT2D eigenvalue weighted by atomic mass is 16.6. The maximum atomic E-state index is 11.1. The van der Waals surface area contributed by atoms with Gasteiger partial charge in [-0.2, -0.15) is 9.97 Å². The third-order valence-electron chi connectivity index (χ3n) is 5.51. The Balaban J connectivity index is 2.30. The predicted octanol–water partition coefficient (Wildman–Crippen LogP) is -1.05. The molecule has 0 amide bonds. The van der Waals surface area contributed by atoms with Gasteiger partial charge in [0.05, 0.1) is 12.9 Å². The summed E-state index contributed by atoms with van der Waals surface area (Å²) >= 11 is 0. The molecule has 1 saturated heterocycles. The summed E-state index contributed by atoms with van der Waals surface area (Å²) in [7, 11) is 0. The highest BCUT2D eigenvalue weighted by Gasteiger charge is 2.72. The zero-order valence-corrected chi connectivity index (χ0v) is 14.0. The van der Waals surface area contributed by atoms with Crippen molar-refractivity contribution in [2.45, 2.75) is 50.2 Å². The lowest BCUT2D eigenvalue weighted by molar-refractivity contribution is -0.192. The number of ether oxygens (including phenoxy) is 1. The van der Waals surface area contributed by atoms with E-state index in [1.807, 2.05) is 0 Å². The van der Waals surface area contributed by atoms with Crippen molar-refractivity contribution in [2.75, 3.05) is 18.1 Å². The van der Waals surface area contributed by atoms with Crippen LogP contribution in [0, 0.1) is 0 Å². The van der Waals surface area contributed by atoms with Gasteiger partial charge < -0.3 is 31.5 Å². The van der Waals surface area contributed by atoms with Crippen LogP contribution in [0.5, 0.6) is 0 Å². The van der Waals surface area contributed by atoms with Crippen LogP contribution in [-0.4, -0.2) is 58.2 Å². The standard InChI is InChI=1S/C14H22N6O4/c1-11(5-21)12(2,22)13(3,23)14(4,24-11)20-6-17-7-8(15)18-10(16)19-9(7)20/h6,21-23H,5H2,1-4H3,(H4,15,16,18,19)/t11-,12-,13-,14-/m1/s1. The fraction of sp³-hybridized carbons (Fsp3) is 0.643. The molecule has 10 nitrogen and oxygen atoms in total. The molecule has 7 N–H and O–H groups in total. The quantitative estimate of drug-likeness (QED) is 0.459. The average Bonchev–Trinajstić information content (AvgIpc) is 2.94. The number of fused-ring (bicyclic) bond motifs is 1. The fourth-order valence-corrected chi connectivity index (χ4v) is 3.33. The maximum Gasteiger partial charge on any atom is 0.224 e. The number of hydrogen-bond acceptors (Lipinski definition) is 9. The lowest BCUT2D eigenvalue weighted by atomic mass is 9.73. The number of hydrogen-bond donors (Lipinski definition) is 5.